The molecule has 2 rings (SSSR count). The molecule has 0 bridgehead atoms. The number of ether oxygens (including phenoxy) is 1. The first-order chi connectivity index (χ1) is 9.63. The maximum Gasteiger partial charge on any atom is 0.325 e. The molecule has 0 saturated carbocycles. The summed E-state index contributed by atoms with van der Waals surface area (Å²) in [7, 11) is 1.93. The molecule has 0 unspecified atom stereocenters. The molecule has 2 amide bonds. The van der Waals surface area contributed by atoms with Gasteiger partial charge in [0.05, 0.1) is 12.3 Å². The normalized spacial score (nSPS) is 13.7. The van der Waals surface area contributed by atoms with Crippen LogP contribution in [0.2, 0.25) is 0 Å². The first kappa shape index (κ1) is 14.1. The third-order valence-electron chi connectivity index (χ3n) is 3.01. The number of nitrogens with zero attached hydrogens (tertiary/aromatic N) is 3. The summed E-state index contributed by atoms with van der Waals surface area (Å²) in [6.45, 7) is 3.13. The lowest BCUT2D eigenvalue weighted by atomic mass is 10.2. The molecule has 7 heteroatoms. The van der Waals surface area contributed by atoms with E-state index in [2.05, 4.69) is 10.3 Å². The quantitative estimate of drug-likeness (QED) is 0.820. The van der Waals surface area contributed by atoms with Crippen LogP contribution in [0.5, 0.6) is 0 Å². The molecule has 0 atom stereocenters. The fourth-order valence-corrected chi connectivity index (χ4v) is 2.04. The van der Waals surface area contributed by atoms with Crippen molar-refractivity contribution in [2.24, 2.45) is 0 Å². The number of hydrogen-bond acceptors (Lipinski definition) is 5. The fraction of sp³-hybridized carbons (Fsp3) is 0.462. The molecular formula is C13H18N4O3. The van der Waals surface area contributed by atoms with Crippen molar-refractivity contribution in [1.29, 1.82) is 0 Å². The van der Waals surface area contributed by atoms with Gasteiger partial charge in [-0.1, -0.05) is 0 Å². The first-order valence-corrected chi connectivity index (χ1v) is 6.50. The smallest absolute Gasteiger partial charge is 0.325 e. The average Bonchev–Trinajstić information content (AvgIpc) is 2.46. The lowest BCUT2D eigenvalue weighted by molar-refractivity contribution is -0.141. The van der Waals surface area contributed by atoms with Gasteiger partial charge in [-0.25, -0.2) is 9.78 Å². The van der Waals surface area contributed by atoms with Gasteiger partial charge in [-0.15, -0.1) is 0 Å². The van der Waals surface area contributed by atoms with Gasteiger partial charge in [-0.3, -0.25) is 9.69 Å². The Labute approximate surface area is 117 Å². The van der Waals surface area contributed by atoms with E-state index in [0.717, 1.165) is 11.5 Å². The molecule has 7 nitrogen and oxygen atoms in total. The van der Waals surface area contributed by atoms with Crippen LogP contribution in [0, 0.1) is 0 Å². The van der Waals surface area contributed by atoms with E-state index in [1.54, 1.807) is 24.1 Å². The summed E-state index contributed by atoms with van der Waals surface area (Å²) in [6.07, 6.45) is 1.69. The van der Waals surface area contributed by atoms with E-state index < -0.39 is 5.97 Å². The molecule has 20 heavy (non-hydrogen) atoms. The predicted molar refractivity (Wildman–Crippen MR) is 74.9 cm³/mol. The zero-order chi connectivity index (χ0) is 14.5. The van der Waals surface area contributed by atoms with Crippen LogP contribution in [-0.4, -0.2) is 50.3 Å². The van der Waals surface area contributed by atoms with Crippen LogP contribution < -0.4 is 15.1 Å². The van der Waals surface area contributed by atoms with Crippen LogP contribution in [0.15, 0.2) is 18.3 Å². The van der Waals surface area contributed by atoms with E-state index in [-0.39, 0.29) is 12.6 Å². The van der Waals surface area contributed by atoms with E-state index in [0.29, 0.717) is 19.7 Å². The number of urea groups is 1. The van der Waals surface area contributed by atoms with Gasteiger partial charge >= 0.3 is 12.0 Å². The van der Waals surface area contributed by atoms with Crippen LogP contribution in [0.1, 0.15) is 6.92 Å². The van der Waals surface area contributed by atoms with Gasteiger partial charge in [-0.05, 0) is 19.1 Å². The molecule has 1 aliphatic heterocycles. The van der Waals surface area contributed by atoms with E-state index in [4.69, 9.17) is 4.74 Å². The van der Waals surface area contributed by atoms with Gasteiger partial charge in [0.15, 0.2) is 5.82 Å². The SMILES string of the molecule is CCOC(=O)CNC(=O)N1CCN(C)c2ncccc21. The number of anilines is 2. The Morgan fingerprint density at radius 3 is 3.00 bits per heavy atom. The van der Waals surface area contributed by atoms with E-state index in [9.17, 15) is 9.59 Å². The average molecular weight is 278 g/mol. The molecule has 0 saturated heterocycles. The second kappa shape index (κ2) is 6.23. The van der Waals surface area contributed by atoms with Crippen LogP contribution >= 0.6 is 0 Å². The van der Waals surface area contributed by atoms with Crippen molar-refractivity contribution < 1.29 is 14.3 Å². The van der Waals surface area contributed by atoms with E-state index in [1.807, 2.05) is 18.0 Å². The molecule has 0 aliphatic carbocycles. The molecule has 0 aromatic carbocycles. The van der Waals surface area contributed by atoms with E-state index in [1.165, 1.54) is 0 Å². The summed E-state index contributed by atoms with van der Waals surface area (Å²) < 4.78 is 4.77. The third-order valence-corrected chi connectivity index (χ3v) is 3.01. The van der Waals surface area contributed by atoms with Gasteiger partial charge in [0.2, 0.25) is 0 Å². The summed E-state index contributed by atoms with van der Waals surface area (Å²) in [6, 6.07) is 3.30. The first-order valence-electron chi connectivity index (χ1n) is 6.50. The van der Waals surface area contributed by atoms with Crippen molar-refractivity contribution in [3.8, 4) is 0 Å². The van der Waals surface area contributed by atoms with Gasteiger partial charge in [-0.2, -0.15) is 0 Å². The summed E-state index contributed by atoms with van der Waals surface area (Å²) in [4.78, 5) is 31.2. The Hall–Kier alpha value is -2.31. The highest BCUT2D eigenvalue weighted by Crippen LogP contribution is 2.29. The second-order valence-electron chi connectivity index (χ2n) is 4.38. The van der Waals surface area contributed by atoms with Crippen molar-refractivity contribution in [2.75, 3.05) is 43.1 Å². The zero-order valence-electron chi connectivity index (χ0n) is 11.6. The molecule has 1 N–H and O–H groups in total. The standard InChI is InChI=1S/C13H18N4O3/c1-3-20-11(18)9-15-13(19)17-8-7-16(2)12-10(17)5-4-6-14-12/h4-6H,3,7-9H2,1-2H3,(H,15,19). The number of pyridine rings is 1. The number of amides is 2. The number of nitrogens with one attached hydrogen (secondary N) is 1. The minimum Gasteiger partial charge on any atom is -0.465 e. The molecular weight excluding hydrogens is 260 g/mol. The molecule has 0 fully saturated rings. The number of carbonyl (C=O) groups excluding carboxylic acids is 2. The monoisotopic (exact) mass is 278 g/mol. The number of rotatable bonds is 3. The Kier molecular flexibility index (Phi) is 4.39. The fourth-order valence-electron chi connectivity index (χ4n) is 2.04. The Bertz CT molecular complexity index is 506. The maximum atomic E-state index is 12.1. The highest BCUT2D eigenvalue weighted by Gasteiger charge is 2.26. The Balaban J connectivity index is 2.04. The van der Waals surface area contributed by atoms with Crippen LogP contribution in [0.25, 0.3) is 0 Å². The predicted octanol–water partition coefficient (Wildman–Crippen LogP) is 0.611. The number of hydrogen-bond donors (Lipinski definition) is 1. The second-order valence-corrected chi connectivity index (χ2v) is 4.38. The highest BCUT2D eigenvalue weighted by atomic mass is 16.5. The number of esters is 1. The molecule has 1 aromatic heterocycles. The summed E-state index contributed by atoms with van der Waals surface area (Å²) in [5.74, 6) is 0.312. The molecule has 2 heterocycles. The van der Waals surface area contributed by atoms with Crippen LogP contribution in [0.4, 0.5) is 16.3 Å². The van der Waals surface area contributed by atoms with Crippen LogP contribution in [0.3, 0.4) is 0 Å². The highest BCUT2D eigenvalue weighted by molar-refractivity contribution is 5.97. The number of fused-ring (bicyclic) bond motifs is 1. The zero-order valence-corrected chi connectivity index (χ0v) is 11.6. The molecule has 0 spiro atoms. The summed E-state index contributed by atoms with van der Waals surface area (Å²) in [5, 5.41) is 2.56. The third kappa shape index (κ3) is 2.98. The lowest BCUT2D eigenvalue weighted by Crippen LogP contribution is -2.48. The molecule has 108 valence electrons. The minimum atomic E-state index is -0.443. The van der Waals surface area contributed by atoms with Gasteiger partial charge in [0.25, 0.3) is 0 Å². The molecule has 1 aliphatic rings. The lowest BCUT2D eigenvalue weighted by Gasteiger charge is -2.34. The Morgan fingerprint density at radius 2 is 2.25 bits per heavy atom. The molecule has 0 radical (unpaired) electrons. The van der Waals surface area contributed by atoms with Gasteiger partial charge in [0.1, 0.15) is 6.54 Å². The van der Waals surface area contributed by atoms with Crippen molar-refractivity contribution in [2.45, 2.75) is 6.92 Å². The van der Waals surface area contributed by atoms with E-state index >= 15 is 0 Å². The largest absolute Gasteiger partial charge is 0.465 e. The summed E-state index contributed by atoms with van der Waals surface area (Å²) >= 11 is 0. The number of aromatic nitrogens is 1. The van der Waals surface area contributed by atoms with Gasteiger partial charge < -0.3 is 15.0 Å². The topological polar surface area (TPSA) is 74.8 Å². The number of carbonyl (C=O) groups is 2. The summed E-state index contributed by atoms with van der Waals surface area (Å²) in [5.41, 5.74) is 0.739. The van der Waals surface area contributed by atoms with Crippen molar-refractivity contribution in [3.63, 3.8) is 0 Å². The van der Waals surface area contributed by atoms with Gasteiger partial charge in [0, 0.05) is 26.3 Å². The van der Waals surface area contributed by atoms with Crippen molar-refractivity contribution in [3.05, 3.63) is 18.3 Å². The Morgan fingerprint density at radius 1 is 1.45 bits per heavy atom. The number of likely N-dealkylation sites (N-methyl/N-ethyl adjacent to an activating group) is 1. The van der Waals surface area contributed by atoms with Crippen LogP contribution in [-0.2, 0) is 9.53 Å². The maximum absolute atomic E-state index is 12.1. The van der Waals surface area contributed by atoms with Crippen molar-refractivity contribution >= 4 is 23.5 Å². The van der Waals surface area contributed by atoms with Crippen molar-refractivity contribution in [1.82, 2.24) is 10.3 Å². The minimum absolute atomic E-state index is 0.130. The molecule has 1 aromatic rings.